The highest BCUT2D eigenvalue weighted by Gasteiger charge is 2.36. The average Bonchev–Trinajstić information content (AvgIpc) is 2.53. The smallest absolute Gasteiger partial charge is 0.423 e. The summed E-state index contributed by atoms with van der Waals surface area (Å²) in [4.78, 5) is 7.67. The monoisotopic (exact) mass is 451 g/mol. The molecule has 1 aromatic heterocycles. The third-order valence-electron chi connectivity index (χ3n) is 3.17. The van der Waals surface area contributed by atoms with Gasteiger partial charge in [0.2, 0.25) is 11.8 Å². The van der Waals surface area contributed by atoms with E-state index in [4.69, 9.17) is 4.74 Å². The van der Waals surface area contributed by atoms with E-state index < -0.39 is 17.6 Å². The molecule has 0 aliphatic heterocycles. The van der Waals surface area contributed by atoms with Gasteiger partial charge in [-0.25, -0.2) is 4.98 Å². The van der Waals surface area contributed by atoms with E-state index in [0.717, 1.165) is 28.3 Å². The van der Waals surface area contributed by atoms with E-state index in [9.17, 15) is 13.2 Å². The van der Waals surface area contributed by atoms with Crippen molar-refractivity contribution in [2.75, 3.05) is 11.9 Å². The van der Waals surface area contributed by atoms with Crippen LogP contribution in [0, 0.1) is 3.57 Å². The standard InChI is InChI=1S/C16H17F3IN3O/c1-2-3-6-9-24-14-11(16(17,18)19)10-21-15(23-14)22-13-8-5-4-7-12(13)20/h4-5,7-8,10H,2-3,6,9H2,1H3,(H,21,22,23). The number of hydrogen-bond acceptors (Lipinski definition) is 4. The van der Waals surface area contributed by atoms with Gasteiger partial charge >= 0.3 is 6.18 Å². The summed E-state index contributed by atoms with van der Waals surface area (Å²) < 4.78 is 45.4. The van der Waals surface area contributed by atoms with Crippen molar-refractivity contribution in [1.82, 2.24) is 9.97 Å². The summed E-state index contributed by atoms with van der Waals surface area (Å²) in [6, 6.07) is 7.35. The van der Waals surface area contributed by atoms with Gasteiger partial charge in [0.25, 0.3) is 0 Å². The first-order chi connectivity index (χ1) is 11.4. The van der Waals surface area contributed by atoms with Crippen LogP contribution >= 0.6 is 22.6 Å². The molecule has 0 saturated carbocycles. The summed E-state index contributed by atoms with van der Waals surface area (Å²) in [6.07, 6.45) is -1.28. The topological polar surface area (TPSA) is 47.0 Å². The first kappa shape index (κ1) is 18.8. The zero-order valence-electron chi connectivity index (χ0n) is 13.0. The molecule has 0 saturated heterocycles. The first-order valence-electron chi connectivity index (χ1n) is 7.50. The van der Waals surface area contributed by atoms with Crippen molar-refractivity contribution in [2.45, 2.75) is 32.4 Å². The summed E-state index contributed by atoms with van der Waals surface area (Å²) in [5.74, 6) is -0.375. The van der Waals surface area contributed by atoms with Gasteiger partial charge in [-0.15, -0.1) is 0 Å². The van der Waals surface area contributed by atoms with Crippen LogP contribution in [0.5, 0.6) is 5.88 Å². The second-order valence-electron chi connectivity index (χ2n) is 5.07. The molecule has 0 fully saturated rings. The molecule has 0 spiro atoms. The molecule has 2 aromatic rings. The predicted molar refractivity (Wildman–Crippen MR) is 94.5 cm³/mol. The molecule has 0 unspecified atom stereocenters. The Kier molecular flexibility index (Phi) is 6.64. The molecule has 2 rings (SSSR count). The highest BCUT2D eigenvalue weighted by molar-refractivity contribution is 14.1. The minimum absolute atomic E-state index is 0.0672. The Hall–Kier alpha value is -1.58. The zero-order chi connectivity index (χ0) is 17.6. The number of halogens is 4. The number of para-hydroxylation sites is 1. The second-order valence-corrected chi connectivity index (χ2v) is 6.23. The minimum atomic E-state index is -4.56. The van der Waals surface area contributed by atoms with Crippen LogP contribution in [0.1, 0.15) is 31.7 Å². The molecular formula is C16H17F3IN3O. The lowest BCUT2D eigenvalue weighted by molar-refractivity contribution is -0.139. The van der Waals surface area contributed by atoms with Crippen molar-refractivity contribution in [3.8, 4) is 5.88 Å². The quantitative estimate of drug-likeness (QED) is 0.452. The Morgan fingerprint density at radius 1 is 1.21 bits per heavy atom. The number of unbranched alkanes of at least 4 members (excludes halogenated alkanes) is 2. The largest absolute Gasteiger partial charge is 0.477 e. The third-order valence-corrected chi connectivity index (χ3v) is 4.11. The Balaban J connectivity index is 2.23. The van der Waals surface area contributed by atoms with E-state index >= 15 is 0 Å². The van der Waals surface area contributed by atoms with E-state index in [1.807, 2.05) is 25.1 Å². The molecule has 0 amide bonds. The van der Waals surface area contributed by atoms with Gasteiger partial charge in [0.05, 0.1) is 12.3 Å². The van der Waals surface area contributed by atoms with Crippen LogP contribution in [0.4, 0.5) is 24.8 Å². The molecule has 1 aromatic carbocycles. The molecule has 0 aliphatic carbocycles. The zero-order valence-corrected chi connectivity index (χ0v) is 15.2. The molecule has 0 atom stereocenters. The molecule has 4 nitrogen and oxygen atoms in total. The van der Waals surface area contributed by atoms with Crippen LogP contribution < -0.4 is 10.1 Å². The van der Waals surface area contributed by atoms with E-state index in [1.54, 1.807) is 6.07 Å². The maximum atomic E-state index is 13.1. The fraction of sp³-hybridized carbons (Fsp3) is 0.375. The number of anilines is 2. The van der Waals surface area contributed by atoms with Crippen molar-refractivity contribution in [3.05, 3.63) is 39.6 Å². The lowest BCUT2D eigenvalue weighted by Crippen LogP contribution is -2.13. The lowest BCUT2D eigenvalue weighted by Gasteiger charge is -2.14. The van der Waals surface area contributed by atoms with Gasteiger partial charge in [-0.1, -0.05) is 31.9 Å². The van der Waals surface area contributed by atoms with Crippen LogP contribution in [0.15, 0.2) is 30.5 Å². The van der Waals surface area contributed by atoms with Crippen LogP contribution in [0.25, 0.3) is 0 Å². The van der Waals surface area contributed by atoms with Crippen LogP contribution in [0.3, 0.4) is 0 Å². The van der Waals surface area contributed by atoms with Crippen LogP contribution in [0.2, 0.25) is 0 Å². The van der Waals surface area contributed by atoms with Gasteiger partial charge in [0.1, 0.15) is 5.56 Å². The normalized spacial score (nSPS) is 11.4. The molecule has 0 bridgehead atoms. The molecule has 130 valence electrons. The molecule has 24 heavy (non-hydrogen) atoms. The minimum Gasteiger partial charge on any atom is -0.477 e. The Morgan fingerprint density at radius 2 is 1.96 bits per heavy atom. The number of nitrogens with one attached hydrogen (secondary N) is 1. The fourth-order valence-electron chi connectivity index (χ4n) is 1.93. The van der Waals surface area contributed by atoms with E-state index in [0.29, 0.717) is 6.42 Å². The first-order valence-corrected chi connectivity index (χ1v) is 8.58. The van der Waals surface area contributed by atoms with Gasteiger partial charge < -0.3 is 10.1 Å². The molecule has 8 heteroatoms. The molecule has 1 heterocycles. The van der Waals surface area contributed by atoms with Crippen molar-refractivity contribution >= 4 is 34.2 Å². The van der Waals surface area contributed by atoms with Crippen molar-refractivity contribution < 1.29 is 17.9 Å². The number of hydrogen-bond donors (Lipinski definition) is 1. The molecular weight excluding hydrogens is 434 g/mol. The molecule has 1 N–H and O–H groups in total. The maximum absolute atomic E-state index is 13.1. The van der Waals surface area contributed by atoms with Gasteiger partial charge in [0.15, 0.2) is 0 Å². The lowest BCUT2D eigenvalue weighted by atomic mass is 10.3. The predicted octanol–water partition coefficient (Wildman–Crippen LogP) is 5.41. The number of ether oxygens (including phenoxy) is 1. The summed E-state index contributed by atoms with van der Waals surface area (Å²) in [5.41, 5.74) is -0.248. The second kappa shape index (κ2) is 8.50. The van der Waals surface area contributed by atoms with E-state index in [1.165, 1.54) is 0 Å². The van der Waals surface area contributed by atoms with Crippen molar-refractivity contribution in [2.24, 2.45) is 0 Å². The van der Waals surface area contributed by atoms with E-state index in [2.05, 4.69) is 37.9 Å². The molecule has 0 aliphatic rings. The van der Waals surface area contributed by atoms with Crippen molar-refractivity contribution in [1.29, 1.82) is 0 Å². The summed E-state index contributed by atoms with van der Waals surface area (Å²) in [7, 11) is 0. The van der Waals surface area contributed by atoms with Crippen LogP contribution in [-0.4, -0.2) is 16.6 Å². The Labute approximate surface area is 152 Å². The SMILES string of the molecule is CCCCCOc1nc(Nc2ccccc2I)ncc1C(F)(F)F. The highest BCUT2D eigenvalue weighted by atomic mass is 127. The number of nitrogens with zero attached hydrogens (tertiary/aromatic N) is 2. The van der Waals surface area contributed by atoms with Gasteiger partial charge in [-0.3, -0.25) is 0 Å². The fourth-order valence-corrected chi connectivity index (χ4v) is 2.46. The highest BCUT2D eigenvalue weighted by Crippen LogP contribution is 2.35. The Morgan fingerprint density at radius 3 is 2.62 bits per heavy atom. The summed E-state index contributed by atoms with van der Waals surface area (Å²) >= 11 is 2.12. The summed E-state index contributed by atoms with van der Waals surface area (Å²) in [5, 5.41) is 2.92. The van der Waals surface area contributed by atoms with Crippen molar-refractivity contribution in [3.63, 3.8) is 0 Å². The maximum Gasteiger partial charge on any atom is 0.423 e. The number of benzene rings is 1. The van der Waals surface area contributed by atoms with Gasteiger partial charge in [-0.2, -0.15) is 18.2 Å². The van der Waals surface area contributed by atoms with Crippen LogP contribution in [-0.2, 0) is 6.18 Å². The number of rotatable bonds is 7. The average molecular weight is 451 g/mol. The summed E-state index contributed by atoms with van der Waals surface area (Å²) in [6.45, 7) is 2.20. The Bertz CT molecular complexity index is 680. The number of alkyl halides is 3. The van der Waals surface area contributed by atoms with E-state index in [-0.39, 0.29) is 12.6 Å². The third kappa shape index (κ3) is 5.22. The molecule has 0 radical (unpaired) electrons. The van der Waals surface area contributed by atoms with Gasteiger partial charge in [-0.05, 0) is 41.1 Å². The van der Waals surface area contributed by atoms with Gasteiger partial charge in [0, 0.05) is 9.77 Å². The number of aromatic nitrogens is 2.